The number of rotatable bonds is 4. The van der Waals surface area contributed by atoms with E-state index in [1.165, 1.54) is 0 Å². The highest BCUT2D eigenvalue weighted by molar-refractivity contribution is 5.29. The molecule has 0 spiro atoms. The molecule has 1 atom stereocenters. The van der Waals surface area contributed by atoms with E-state index in [0.29, 0.717) is 4.48 Å². The summed E-state index contributed by atoms with van der Waals surface area (Å²) in [6, 6.07) is 1.88. The molecule has 0 amide bonds. The van der Waals surface area contributed by atoms with Crippen LogP contribution in [0.2, 0.25) is 0 Å². The molecule has 0 saturated carbocycles. The average molecular weight is 194 g/mol. The second-order valence-electron chi connectivity index (χ2n) is 3.78. The molecule has 1 heterocycles. The molecule has 0 aliphatic rings. The van der Waals surface area contributed by atoms with Gasteiger partial charge in [0.05, 0.1) is 25.8 Å². The Morgan fingerprint density at radius 1 is 1.57 bits per heavy atom. The number of aromatic nitrogens is 1. The predicted molar refractivity (Wildman–Crippen MR) is 56.6 cm³/mol. The molecule has 0 saturated heterocycles. The van der Waals surface area contributed by atoms with Crippen LogP contribution in [0, 0.1) is 7.05 Å². The first-order chi connectivity index (χ1) is 6.59. The topological polar surface area (TPSA) is 22.1 Å². The Morgan fingerprint density at radius 3 is 2.86 bits per heavy atom. The number of quaternary nitrogens is 1. The van der Waals surface area contributed by atoms with E-state index < -0.39 is 0 Å². The largest absolute Gasteiger partial charge is 0.496 e. The smallest absolute Gasteiger partial charge is 0.130 e. The average Bonchev–Trinajstić information content (AvgIpc) is 2.18. The molecule has 0 fully saturated rings. The van der Waals surface area contributed by atoms with Crippen molar-refractivity contribution in [3.8, 4) is 5.75 Å². The van der Waals surface area contributed by atoms with Gasteiger partial charge in [0.25, 0.3) is 0 Å². The molecule has 78 valence electrons. The minimum absolute atomic E-state index is 0.696. The molecule has 14 heavy (non-hydrogen) atoms. The van der Waals surface area contributed by atoms with E-state index in [4.69, 9.17) is 4.74 Å². The monoisotopic (exact) mass is 194 g/mol. The van der Waals surface area contributed by atoms with Gasteiger partial charge in [0.1, 0.15) is 5.75 Å². The molecule has 1 rings (SSSR count). The summed E-state index contributed by atoms with van der Waals surface area (Å²) in [7, 11) is 7.88. The van der Waals surface area contributed by atoms with Crippen molar-refractivity contribution < 1.29 is 9.22 Å². The van der Waals surface area contributed by atoms with E-state index in [9.17, 15) is 0 Å². The first-order valence-corrected chi connectivity index (χ1v) is 4.75. The van der Waals surface area contributed by atoms with Gasteiger partial charge in [0.15, 0.2) is 0 Å². The van der Waals surface area contributed by atoms with Crippen molar-refractivity contribution in [3.05, 3.63) is 31.1 Å². The Bertz CT molecular complexity index is 297. The van der Waals surface area contributed by atoms with Crippen LogP contribution >= 0.6 is 0 Å². The van der Waals surface area contributed by atoms with Gasteiger partial charge in [-0.15, -0.1) is 7.05 Å². The van der Waals surface area contributed by atoms with Crippen molar-refractivity contribution >= 4 is 0 Å². The lowest BCUT2D eigenvalue weighted by molar-refractivity contribution is -0.877. The number of pyridine rings is 1. The summed E-state index contributed by atoms with van der Waals surface area (Å²) in [6.45, 7) is 3.95. The van der Waals surface area contributed by atoms with Crippen LogP contribution in [-0.4, -0.2) is 30.2 Å². The first-order valence-electron chi connectivity index (χ1n) is 4.75. The third-order valence-electron chi connectivity index (χ3n) is 2.39. The molecule has 0 aliphatic carbocycles. The van der Waals surface area contributed by atoms with Crippen LogP contribution in [0.1, 0.15) is 12.5 Å². The normalized spacial score (nSPS) is 14.9. The van der Waals surface area contributed by atoms with Crippen molar-refractivity contribution in [1.29, 1.82) is 0 Å². The maximum Gasteiger partial charge on any atom is 0.130 e. The van der Waals surface area contributed by atoms with Crippen LogP contribution < -0.4 is 4.74 Å². The van der Waals surface area contributed by atoms with Gasteiger partial charge in [-0.1, -0.05) is 0 Å². The van der Waals surface area contributed by atoms with Crippen molar-refractivity contribution in [2.24, 2.45) is 0 Å². The van der Waals surface area contributed by atoms with Gasteiger partial charge in [0.2, 0.25) is 0 Å². The molecule has 3 nitrogen and oxygen atoms in total. The Balaban J connectivity index is 2.85. The third kappa shape index (κ3) is 2.70. The number of methoxy groups -OCH3 is 1. The van der Waals surface area contributed by atoms with Crippen LogP contribution in [0.15, 0.2) is 18.5 Å². The van der Waals surface area contributed by atoms with Crippen molar-refractivity contribution in [1.82, 2.24) is 4.98 Å². The molecule has 1 unspecified atom stereocenters. The molecule has 0 radical (unpaired) electrons. The van der Waals surface area contributed by atoms with Gasteiger partial charge < -0.3 is 9.22 Å². The maximum atomic E-state index is 5.26. The van der Waals surface area contributed by atoms with Gasteiger partial charge in [0, 0.05) is 19.4 Å². The number of hydrogen-bond acceptors (Lipinski definition) is 2. The summed E-state index contributed by atoms with van der Waals surface area (Å²) in [5, 5.41) is 0. The van der Waals surface area contributed by atoms with Crippen LogP contribution in [-0.2, 0) is 6.54 Å². The Hall–Kier alpha value is -1.09. The summed E-state index contributed by atoms with van der Waals surface area (Å²) in [6.07, 6.45) is 3.58. The van der Waals surface area contributed by atoms with E-state index in [1.54, 1.807) is 13.3 Å². The summed E-state index contributed by atoms with van der Waals surface area (Å²) < 4.78 is 5.95. The van der Waals surface area contributed by atoms with Crippen molar-refractivity contribution in [3.63, 3.8) is 0 Å². The highest BCUT2D eigenvalue weighted by atomic mass is 16.5. The van der Waals surface area contributed by atoms with Gasteiger partial charge in [-0.05, 0) is 13.0 Å². The Labute approximate surface area is 85.9 Å². The van der Waals surface area contributed by atoms with Crippen LogP contribution in [0.4, 0.5) is 0 Å². The standard InChI is InChI=1S/C11H18N2O/c1-5-13(2,3)9-10-8-12-7-6-11(10)14-4/h6-8H,2,5,9H2,1,3-4H3. The fourth-order valence-corrected chi connectivity index (χ4v) is 1.26. The van der Waals surface area contributed by atoms with Crippen LogP contribution in [0.25, 0.3) is 0 Å². The minimum atomic E-state index is 0.696. The summed E-state index contributed by atoms with van der Waals surface area (Å²) in [4.78, 5) is 4.09. The zero-order valence-corrected chi connectivity index (χ0v) is 9.16. The molecule has 0 aliphatic heterocycles. The molecule has 0 aromatic carbocycles. The van der Waals surface area contributed by atoms with Crippen LogP contribution in [0.5, 0.6) is 5.75 Å². The number of hydrogen-bond donors (Lipinski definition) is 0. The second-order valence-corrected chi connectivity index (χ2v) is 3.78. The van der Waals surface area contributed by atoms with Crippen molar-refractivity contribution in [2.75, 3.05) is 20.7 Å². The first kappa shape index (κ1) is 11.0. The Kier molecular flexibility index (Phi) is 3.47. The van der Waals surface area contributed by atoms with E-state index in [1.807, 2.05) is 12.3 Å². The van der Waals surface area contributed by atoms with E-state index in [2.05, 4.69) is 26.0 Å². The van der Waals surface area contributed by atoms with Gasteiger partial charge in [-0.25, -0.2) is 0 Å². The highest BCUT2D eigenvalue weighted by Gasteiger charge is 2.11. The lowest BCUT2D eigenvalue weighted by Gasteiger charge is -2.37. The van der Waals surface area contributed by atoms with Gasteiger partial charge >= 0.3 is 0 Å². The lowest BCUT2D eigenvalue weighted by Crippen LogP contribution is -2.35. The van der Waals surface area contributed by atoms with E-state index >= 15 is 0 Å². The fourth-order valence-electron chi connectivity index (χ4n) is 1.26. The predicted octanol–water partition coefficient (Wildman–Crippen LogP) is 1.85. The zero-order chi connectivity index (χ0) is 10.6. The SMILES string of the molecule is [CH2-][N+](C)(CC)Cc1cnccc1OC. The van der Waals surface area contributed by atoms with E-state index in [-0.39, 0.29) is 0 Å². The second kappa shape index (κ2) is 4.42. The lowest BCUT2D eigenvalue weighted by atomic mass is 10.2. The molecule has 1 aromatic rings. The maximum absolute atomic E-state index is 5.26. The van der Waals surface area contributed by atoms with Crippen molar-refractivity contribution in [2.45, 2.75) is 13.5 Å². The molecule has 1 aromatic heterocycles. The van der Waals surface area contributed by atoms with E-state index in [0.717, 1.165) is 24.4 Å². The summed E-state index contributed by atoms with van der Waals surface area (Å²) in [5.74, 6) is 0.890. The third-order valence-corrected chi connectivity index (χ3v) is 2.39. The summed E-state index contributed by atoms with van der Waals surface area (Å²) in [5.41, 5.74) is 1.11. The molecular weight excluding hydrogens is 176 g/mol. The molecular formula is C11H18N2O. The summed E-state index contributed by atoms with van der Waals surface area (Å²) >= 11 is 0. The van der Waals surface area contributed by atoms with Gasteiger partial charge in [-0.3, -0.25) is 4.98 Å². The highest BCUT2D eigenvalue weighted by Crippen LogP contribution is 2.20. The van der Waals surface area contributed by atoms with Crippen LogP contribution in [0.3, 0.4) is 0 Å². The molecule has 3 heteroatoms. The minimum Gasteiger partial charge on any atom is -0.496 e. The number of nitrogens with zero attached hydrogens (tertiary/aromatic N) is 2. The fraction of sp³-hybridized carbons (Fsp3) is 0.455. The Morgan fingerprint density at radius 2 is 2.29 bits per heavy atom. The number of ether oxygens (including phenoxy) is 1. The zero-order valence-electron chi connectivity index (χ0n) is 9.16. The molecule has 0 N–H and O–H groups in total. The molecule has 0 bridgehead atoms. The quantitative estimate of drug-likeness (QED) is 0.539. The van der Waals surface area contributed by atoms with Gasteiger partial charge in [-0.2, -0.15) is 0 Å².